The average molecular weight is 465 g/mol. The number of aryl methyl sites for hydroxylation is 2. The van der Waals surface area contributed by atoms with Gasteiger partial charge < -0.3 is 4.90 Å². The standard InChI is InChI=1S/C25H21FN2O4S/c1-16-6-5-7-18(12-16)14-27-22-9-4-3-8-20(22)25(24(27)30)28(23(29)15-33(25,31)32)19-11-10-17(2)21(26)13-19/h3-13H,14-15H2,1-2H3. The van der Waals surface area contributed by atoms with Gasteiger partial charge in [-0.2, -0.15) is 0 Å². The van der Waals surface area contributed by atoms with Crippen LogP contribution in [-0.2, 0) is 30.8 Å². The Hall–Kier alpha value is -3.52. The zero-order valence-corrected chi connectivity index (χ0v) is 18.9. The molecule has 2 aliphatic heterocycles. The van der Waals surface area contributed by atoms with Crippen molar-refractivity contribution in [1.82, 2.24) is 0 Å². The van der Waals surface area contributed by atoms with E-state index in [0.29, 0.717) is 11.3 Å². The van der Waals surface area contributed by atoms with Crippen LogP contribution in [0, 0.1) is 19.7 Å². The van der Waals surface area contributed by atoms with E-state index >= 15 is 0 Å². The molecule has 1 unspecified atom stereocenters. The number of para-hydroxylation sites is 1. The lowest BCUT2D eigenvalue weighted by Gasteiger charge is -2.32. The van der Waals surface area contributed by atoms with E-state index in [0.717, 1.165) is 22.1 Å². The lowest BCUT2D eigenvalue weighted by atomic mass is 10.0. The van der Waals surface area contributed by atoms with Crippen molar-refractivity contribution in [2.24, 2.45) is 0 Å². The van der Waals surface area contributed by atoms with Crippen molar-refractivity contribution in [3.05, 3.63) is 94.8 Å². The van der Waals surface area contributed by atoms with Gasteiger partial charge in [-0.15, -0.1) is 0 Å². The van der Waals surface area contributed by atoms with Crippen LogP contribution in [0.15, 0.2) is 66.7 Å². The number of carbonyl (C=O) groups excluding carboxylic acids is 2. The maximum absolute atomic E-state index is 14.4. The van der Waals surface area contributed by atoms with Crippen LogP contribution in [0.2, 0.25) is 0 Å². The average Bonchev–Trinajstić information content (AvgIpc) is 3.13. The fraction of sp³-hybridized carbons (Fsp3) is 0.200. The van der Waals surface area contributed by atoms with E-state index in [4.69, 9.17) is 0 Å². The number of amides is 2. The summed E-state index contributed by atoms with van der Waals surface area (Å²) < 4.78 is 41.5. The van der Waals surface area contributed by atoms with Gasteiger partial charge in [0, 0.05) is 11.3 Å². The predicted octanol–water partition coefficient (Wildman–Crippen LogP) is 3.60. The molecule has 8 heteroatoms. The number of rotatable bonds is 3. The molecule has 0 N–H and O–H groups in total. The molecule has 6 nitrogen and oxygen atoms in total. The fourth-order valence-corrected chi connectivity index (χ4v) is 6.80. The van der Waals surface area contributed by atoms with Gasteiger partial charge in [-0.1, -0.05) is 54.1 Å². The molecule has 5 rings (SSSR count). The van der Waals surface area contributed by atoms with Crippen molar-refractivity contribution < 1.29 is 22.4 Å². The minimum atomic E-state index is -4.29. The van der Waals surface area contributed by atoms with E-state index in [-0.39, 0.29) is 17.8 Å². The van der Waals surface area contributed by atoms with Crippen LogP contribution in [0.5, 0.6) is 0 Å². The first-order valence-electron chi connectivity index (χ1n) is 10.5. The van der Waals surface area contributed by atoms with E-state index in [9.17, 15) is 22.4 Å². The highest BCUT2D eigenvalue weighted by Gasteiger charge is 2.69. The van der Waals surface area contributed by atoms with Crippen LogP contribution in [0.1, 0.15) is 22.3 Å². The van der Waals surface area contributed by atoms with Gasteiger partial charge in [0.15, 0.2) is 9.84 Å². The molecule has 1 saturated heterocycles. The molecule has 33 heavy (non-hydrogen) atoms. The molecular weight excluding hydrogens is 443 g/mol. The lowest BCUT2D eigenvalue weighted by Crippen LogP contribution is -2.54. The van der Waals surface area contributed by atoms with Crippen molar-refractivity contribution in [2.45, 2.75) is 25.3 Å². The molecule has 2 amide bonds. The van der Waals surface area contributed by atoms with E-state index in [1.807, 2.05) is 31.2 Å². The SMILES string of the molecule is Cc1cccc(CN2C(=O)C3(c4ccccc42)N(c2ccc(C)c(F)c2)C(=O)CS3(=O)=O)c1. The minimum Gasteiger partial charge on any atom is -0.304 e. The molecule has 1 fully saturated rings. The van der Waals surface area contributed by atoms with Gasteiger partial charge in [0.25, 0.3) is 10.8 Å². The van der Waals surface area contributed by atoms with E-state index < -0.39 is 38.1 Å². The minimum absolute atomic E-state index is 0.0322. The summed E-state index contributed by atoms with van der Waals surface area (Å²) >= 11 is 0. The molecule has 2 aliphatic rings. The molecule has 1 atom stereocenters. The second-order valence-corrected chi connectivity index (χ2v) is 10.6. The van der Waals surface area contributed by atoms with Crippen LogP contribution >= 0.6 is 0 Å². The summed E-state index contributed by atoms with van der Waals surface area (Å²) in [5.74, 6) is -2.92. The van der Waals surface area contributed by atoms with Crippen LogP contribution in [0.3, 0.4) is 0 Å². The molecule has 0 aliphatic carbocycles. The van der Waals surface area contributed by atoms with Crippen molar-refractivity contribution in [2.75, 3.05) is 15.6 Å². The summed E-state index contributed by atoms with van der Waals surface area (Å²) in [6, 6.07) is 18.2. The van der Waals surface area contributed by atoms with E-state index in [1.54, 1.807) is 31.2 Å². The van der Waals surface area contributed by atoms with E-state index in [1.165, 1.54) is 17.0 Å². The van der Waals surface area contributed by atoms with Crippen molar-refractivity contribution >= 4 is 33.0 Å². The van der Waals surface area contributed by atoms with Gasteiger partial charge in [0.1, 0.15) is 11.6 Å². The number of hydrogen-bond acceptors (Lipinski definition) is 4. The van der Waals surface area contributed by atoms with Gasteiger partial charge in [0.2, 0.25) is 5.91 Å². The first-order valence-corrected chi connectivity index (χ1v) is 12.1. The van der Waals surface area contributed by atoms with E-state index in [2.05, 4.69) is 0 Å². The molecule has 1 spiro atoms. The van der Waals surface area contributed by atoms with Gasteiger partial charge >= 0.3 is 0 Å². The molecule has 0 saturated carbocycles. The summed E-state index contributed by atoms with van der Waals surface area (Å²) in [6.07, 6.45) is 0. The zero-order chi connectivity index (χ0) is 23.5. The first kappa shape index (κ1) is 21.3. The molecule has 3 aromatic carbocycles. The number of carbonyl (C=O) groups is 2. The van der Waals surface area contributed by atoms with Crippen LogP contribution in [0.4, 0.5) is 15.8 Å². The summed E-state index contributed by atoms with van der Waals surface area (Å²) in [5.41, 5.74) is 2.83. The molecular formula is C25H21FN2O4S. The Balaban J connectivity index is 1.74. The van der Waals surface area contributed by atoms with Crippen LogP contribution in [0.25, 0.3) is 0 Å². The number of fused-ring (bicyclic) bond motifs is 2. The third-order valence-electron chi connectivity index (χ3n) is 6.26. The van der Waals surface area contributed by atoms with Crippen molar-refractivity contribution in [1.29, 1.82) is 0 Å². The van der Waals surface area contributed by atoms with Crippen molar-refractivity contribution in [3.8, 4) is 0 Å². The summed E-state index contributed by atoms with van der Waals surface area (Å²) in [7, 11) is -4.29. The Labute approximate surface area is 191 Å². The molecule has 168 valence electrons. The molecule has 0 radical (unpaired) electrons. The Morgan fingerprint density at radius 2 is 1.73 bits per heavy atom. The third kappa shape index (κ3) is 2.94. The summed E-state index contributed by atoms with van der Waals surface area (Å²) in [5, 5.41) is 0. The molecule has 2 heterocycles. The maximum Gasteiger partial charge on any atom is 0.274 e. The maximum atomic E-state index is 14.4. The highest BCUT2D eigenvalue weighted by atomic mass is 32.2. The number of sulfone groups is 1. The lowest BCUT2D eigenvalue weighted by molar-refractivity contribution is -0.123. The molecule has 0 aromatic heterocycles. The number of hydrogen-bond donors (Lipinski definition) is 0. The Bertz CT molecular complexity index is 1440. The largest absolute Gasteiger partial charge is 0.304 e. The predicted molar refractivity (Wildman–Crippen MR) is 123 cm³/mol. The Morgan fingerprint density at radius 3 is 2.45 bits per heavy atom. The highest BCUT2D eigenvalue weighted by molar-refractivity contribution is 7.94. The zero-order valence-electron chi connectivity index (χ0n) is 18.1. The first-order chi connectivity index (χ1) is 15.7. The summed E-state index contributed by atoms with van der Waals surface area (Å²) in [6.45, 7) is 3.63. The number of halogens is 1. The van der Waals surface area contributed by atoms with Gasteiger partial charge in [0.05, 0.1) is 12.2 Å². The van der Waals surface area contributed by atoms with Gasteiger partial charge in [-0.3, -0.25) is 14.5 Å². The second-order valence-electron chi connectivity index (χ2n) is 8.46. The van der Waals surface area contributed by atoms with Crippen LogP contribution < -0.4 is 9.80 Å². The van der Waals surface area contributed by atoms with Crippen LogP contribution in [-0.4, -0.2) is 26.0 Å². The summed E-state index contributed by atoms with van der Waals surface area (Å²) in [4.78, 5) is 27.2. The molecule has 3 aromatic rings. The number of nitrogens with zero attached hydrogens (tertiary/aromatic N) is 2. The quantitative estimate of drug-likeness (QED) is 0.594. The highest BCUT2D eigenvalue weighted by Crippen LogP contribution is 2.52. The topological polar surface area (TPSA) is 74.8 Å². The Kier molecular flexibility index (Phi) is 4.68. The Morgan fingerprint density at radius 1 is 0.970 bits per heavy atom. The van der Waals surface area contributed by atoms with Crippen molar-refractivity contribution in [3.63, 3.8) is 0 Å². The molecule has 0 bridgehead atoms. The third-order valence-corrected chi connectivity index (χ3v) is 8.36. The monoisotopic (exact) mass is 464 g/mol. The number of benzene rings is 3. The fourth-order valence-electron chi connectivity index (χ4n) is 4.76. The second kappa shape index (κ2) is 7.25. The smallest absolute Gasteiger partial charge is 0.274 e. The number of anilines is 2. The van der Waals surface area contributed by atoms with Gasteiger partial charge in [-0.05, 0) is 43.2 Å². The normalized spacial score (nSPS) is 21.2. The van der Waals surface area contributed by atoms with Gasteiger partial charge in [-0.25, -0.2) is 12.8 Å².